The van der Waals surface area contributed by atoms with Crippen LogP contribution in [0.15, 0.2) is 34.9 Å². The Morgan fingerprint density at radius 2 is 2.09 bits per heavy atom. The summed E-state index contributed by atoms with van der Waals surface area (Å²) in [7, 11) is 0. The molecule has 1 fully saturated rings. The zero-order valence-corrected chi connectivity index (χ0v) is 16.8. The number of benzene rings is 1. The van der Waals surface area contributed by atoms with Crippen molar-refractivity contribution in [3.8, 4) is 11.8 Å². The van der Waals surface area contributed by atoms with E-state index in [1.54, 1.807) is 6.07 Å². The van der Waals surface area contributed by atoms with Crippen LogP contribution in [0.1, 0.15) is 41.5 Å². The fourth-order valence-corrected chi connectivity index (χ4v) is 3.21. The number of pyridine rings is 1. The molecule has 0 spiro atoms. The molecule has 1 aliphatic carbocycles. The van der Waals surface area contributed by atoms with Gasteiger partial charge in [-0.2, -0.15) is 5.26 Å². The number of rotatable bonds is 8. The van der Waals surface area contributed by atoms with E-state index in [1.165, 1.54) is 17.2 Å². The van der Waals surface area contributed by atoms with Gasteiger partial charge in [0.2, 0.25) is 5.89 Å². The summed E-state index contributed by atoms with van der Waals surface area (Å²) in [5, 5.41) is 16.2. The molecule has 32 heavy (non-hydrogen) atoms. The summed E-state index contributed by atoms with van der Waals surface area (Å²) in [6.07, 6.45) is 3.03. The van der Waals surface area contributed by atoms with Gasteiger partial charge in [0.05, 0.1) is 6.54 Å². The SMILES string of the molecule is N#Cc1ccc(CN(Cc2nnc(N)o2)C(=O)COc2cc(F)cc(F)c2C2CC2)cn1. The number of nitrogens with zero attached hydrogens (tertiary/aromatic N) is 5. The highest BCUT2D eigenvalue weighted by Gasteiger charge is 2.31. The van der Waals surface area contributed by atoms with Gasteiger partial charge in [0.25, 0.3) is 5.91 Å². The van der Waals surface area contributed by atoms with Crippen LogP contribution in [0.25, 0.3) is 0 Å². The number of carbonyl (C=O) groups excluding carboxylic acids is 1. The third-order valence-corrected chi connectivity index (χ3v) is 4.87. The molecule has 0 bridgehead atoms. The van der Waals surface area contributed by atoms with E-state index in [9.17, 15) is 13.6 Å². The van der Waals surface area contributed by atoms with Gasteiger partial charge in [0.1, 0.15) is 29.1 Å². The first-order chi connectivity index (χ1) is 15.4. The number of aromatic nitrogens is 3. The maximum absolute atomic E-state index is 14.2. The second-order valence-electron chi connectivity index (χ2n) is 7.31. The molecule has 1 amide bonds. The van der Waals surface area contributed by atoms with E-state index in [0.717, 1.165) is 25.0 Å². The zero-order chi connectivity index (χ0) is 22.7. The Morgan fingerprint density at radius 1 is 1.28 bits per heavy atom. The van der Waals surface area contributed by atoms with E-state index in [-0.39, 0.29) is 47.9 Å². The summed E-state index contributed by atoms with van der Waals surface area (Å²) in [6.45, 7) is -0.439. The van der Waals surface area contributed by atoms with Gasteiger partial charge >= 0.3 is 6.01 Å². The summed E-state index contributed by atoms with van der Waals surface area (Å²) < 4.78 is 38.7. The first-order valence-corrected chi connectivity index (χ1v) is 9.75. The van der Waals surface area contributed by atoms with E-state index >= 15 is 0 Å². The van der Waals surface area contributed by atoms with E-state index < -0.39 is 24.1 Å². The monoisotopic (exact) mass is 440 g/mol. The van der Waals surface area contributed by atoms with Gasteiger partial charge in [-0.05, 0) is 30.4 Å². The molecular formula is C21H18F2N6O3. The van der Waals surface area contributed by atoms with E-state index in [1.807, 2.05) is 6.07 Å². The third kappa shape index (κ3) is 4.97. The fraction of sp³-hybridized carbons (Fsp3) is 0.286. The van der Waals surface area contributed by atoms with Crippen LogP contribution in [-0.4, -0.2) is 32.6 Å². The van der Waals surface area contributed by atoms with Crippen molar-refractivity contribution in [3.63, 3.8) is 0 Å². The third-order valence-electron chi connectivity index (χ3n) is 4.87. The summed E-state index contributed by atoms with van der Waals surface area (Å²) in [5.74, 6) is -1.87. The summed E-state index contributed by atoms with van der Waals surface area (Å²) in [6, 6.07) is 6.85. The van der Waals surface area contributed by atoms with E-state index in [4.69, 9.17) is 20.1 Å². The van der Waals surface area contributed by atoms with Crippen molar-refractivity contribution in [2.45, 2.75) is 31.8 Å². The fourth-order valence-electron chi connectivity index (χ4n) is 3.21. The number of hydrogen-bond acceptors (Lipinski definition) is 8. The highest BCUT2D eigenvalue weighted by atomic mass is 19.1. The van der Waals surface area contributed by atoms with E-state index in [0.29, 0.717) is 5.56 Å². The maximum Gasteiger partial charge on any atom is 0.312 e. The maximum atomic E-state index is 14.2. The van der Waals surface area contributed by atoms with Gasteiger partial charge in [0, 0.05) is 30.4 Å². The first-order valence-electron chi connectivity index (χ1n) is 9.75. The molecule has 0 aliphatic heterocycles. The van der Waals surface area contributed by atoms with Crippen LogP contribution < -0.4 is 10.5 Å². The molecule has 0 unspecified atom stereocenters. The molecule has 4 rings (SSSR count). The first kappa shape index (κ1) is 21.2. The van der Waals surface area contributed by atoms with Crippen LogP contribution in [-0.2, 0) is 17.9 Å². The Morgan fingerprint density at radius 3 is 2.72 bits per heavy atom. The predicted molar refractivity (Wildman–Crippen MR) is 106 cm³/mol. The van der Waals surface area contributed by atoms with Gasteiger partial charge in [-0.3, -0.25) is 4.79 Å². The van der Waals surface area contributed by atoms with Gasteiger partial charge in [-0.1, -0.05) is 11.2 Å². The largest absolute Gasteiger partial charge is 0.483 e. The Balaban J connectivity index is 1.51. The lowest BCUT2D eigenvalue weighted by atomic mass is 10.1. The number of nitriles is 1. The Hall–Kier alpha value is -4.07. The molecule has 3 aromatic rings. The van der Waals surface area contributed by atoms with Gasteiger partial charge < -0.3 is 19.8 Å². The number of nitrogen functional groups attached to an aromatic ring is 1. The minimum atomic E-state index is -0.781. The van der Waals surface area contributed by atoms with Crippen LogP contribution in [0.3, 0.4) is 0 Å². The second kappa shape index (κ2) is 8.97. The lowest BCUT2D eigenvalue weighted by Crippen LogP contribution is -2.34. The molecule has 2 heterocycles. The number of halogens is 2. The normalized spacial score (nSPS) is 12.9. The molecule has 1 saturated carbocycles. The summed E-state index contributed by atoms with van der Waals surface area (Å²) in [4.78, 5) is 18.3. The van der Waals surface area contributed by atoms with Crippen molar-refractivity contribution in [1.29, 1.82) is 5.26 Å². The molecule has 11 heteroatoms. The quantitative estimate of drug-likeness (QED) is 0.566. The topological polar surface area (TPSA) is 131 Å². The van der Waals surface area contributed by atoms with E-state index in [2.05, 4.69) is 15.2 Å². The molecule has 2 N–H and O–H groups in total. The highest BCUT2D eigenvalue weighted by Crippen LogP contribution is 2.45. The van der Waals surface area contributed by atoms with Crippen LogP contribution in [0.5, 0.6) is 5.75 Å². The number of anilines is 1. The van der Waals surface area contributed by atoms with Crippen LogP contribution in [0.2, 0.25) is 0 Å². The number of hydrogen-bond donors (Lipinski definition) is 1. The van der Waals surface area contributed by atoms with Crippen molar-refractivity contribution in [3.05, 3.63) is 64.8 Å². The molecule has 0 radical (unpaired) electrons. The lowest BCUT2D eigenvalue weighted by Gasteiger charge is -2.22. The molecule has 2 aromatic heterocycles. The van der Waals surface area contributed by atoms with Crippen molar-refractivity contribution >= 4 is 11.9 Å². The molecule has 9 nitrogen and oxygen atoms in total. The highest BCUT2D eigenvalue weighted by molar-refractivity contribution is 5.77. The number of amides is 1. The summed E-state index contributed by atoms with van der Waals surface area (Å²) >= 11 is 0. The van der Waals surface area contributed by atoms with Crippen LogP contribution >= 0.6 is 0 Å². The Kier molecular flexibility index (Phi) is 5.93. The van der Waals surface area contributed by atoms with Gasteiger partial charge in [-0.15, -0.1) is 5.10 Å². The molecule has 1 aliphatic rings. The molecule has 1 aromatic carbocycles. The van der Waals surface area contributed by atoms with Crippen molar-refractivity contribution < 1.29 is 22.7 Å². The predicted octanol–water partition coefficient (Wildman–Crippen LogP) is 2.68. The minimum absolute atomic E-state index is 0.0142. The van der Waals surface area contributed by atoms with Crippen LogP contribution in [0.4, 0.5) is 14.8 Å². The second-order valence-corrected chi connectivity index (χ2v) is 7.31. The standard InChI is InChI=1S/C21H18F2N6O3/c22-14-5-16(23)20(13-2-3-13)17(6-14)31-11-19(30)29(10-18-27-28-21(25)32-18)9-12-1-4-15(7-24)26-8-12/h1,4-6,8,13H,2-3,9-11H2,(H2,25,28). The number of nitrogens with two attached hydrogens (primary N) is 1. The van der Waals surface area contributed by atoms with Crippen molar-refractivity contribution in [2.24, 2.45) is 0 Å². The average molecular weight is 440 g/mol. The molecule has 0 saturated heterocycles. The lowest BCUT2D eigenvalue weighted by molar-refractivity contribution is -0.135. The van der Waals surface area contributed by atoms with Crippen LogP contribution in [0, 0.1) is 23.0 Å². The molecular weight excluding hydrogens is 422 g/mol. The molecule has 164 valence electrons. The Labute approximate surface area is 181 Å². The number of ether oxygens (including phenoxy) is 1. The smallest absolute Gasteiger partial charge is 0.312 e. The zero-order valence-electron chi connectivity index (χ0n) is 16.8. The number of carbonyl (C=O) groups is 1. The van der Waals surface area contributed by atoms with Crippen molar-refractivity contribution in [1.82, 2.24) is 20.1 Å². The van der Waals surface area contributed by atoms with Gasteiger partial charge in [0.15, 0.2) is 6.61 Å². The average Bonchev–Trinajstić information content (AvgIpc) is 3.52. The Bertz CT molecular complexity index is 1170. The van der Waals surface area contributed by atoms with Crippen molar-refractivity contribution in [2.75, 3.05) is 12.3 Å². The molecule has 0 atom stereocenters. The minimum Gasteiger partial charge on any atom is -0.483 e. The summed E-state index contributed by atoms with van der Waals surface area (Å²) in [5.41, 5.74) is 6.61. The van der Waals surface area contributed by atoms with Gasteiger partial charge in [-0.25, -0.2) is 13.8 Å².